The number of rotatable bonds is 3. The van der Waals surface area contributed by atoms with E-state index in [4.69, 9.17) is 11.5 Å². The Bertz CT molecular complexity index is 521. The molecular formula is C21H44N6O3. The van der Waals surface area contributed by atoms with Crippen LogP contribution in [0.2, 0.25) is 0 Å². The maximum absolute atomic E-state index is 12.2. The molecule has 9 heteroatoms. The van der Waals surface area contributed by atoms with E-state index in [1.165, 1.54) is 0 Å². The minimum atomic E-state index is -0.961. The molecule has 0 saturated carbocycles. The second kappa shape index (κ2) is 18.7. The summed E-state index contributed by atoms with van der Waals surface area (Å²) in [6.07, 6.45) is 6.78. The van der Waals surface area contributed by atoms with Crippen LogP contribution in [-0.2, 0) is 14.4 Å². The van der Waals surface area contributed by atoms with Crippen molar-refractivity contribution in [1.82, 2.24) is 16.0 Å². The highest BCUT2D eigenvalue weighted by atomic mass is 16.2. The van der Waals surface area contributed by atoms with Crippen molar-refractivity contribution in [3.8, 4) is 0 Å². The molecule has 0 spiro atoms. The lowest BCUT2D eigenvalue weighted by atomic mass is 9.97. The lowest BCUT2D eigenvalue weighted by Gasteiger charge is -2.28. The van der Waals surface area contributed by atoms with Crippen LogP contribution in [0.3, 0.4) is 0 Å². The zero-order valence-corrected chi connectivity index (χ0v) is 19.6. The summed E-state index contributed by atoms with van der Waals surface area (Å²) in [6.45, 7) is 10.9. The van der Waals surface area contributed by atoms with Gasteiger partial charge in [-0.15, -0.1) is 0 Å². The summed E-state index contributed by atoms with van der Waals surface area (Å²) < 4.78 is 0. The number of hydrogen-bond donors (Lipinski definition) is 5. The Morgan fingerprint density at radius 3 is 2.10 bits per heavy atom. The number of amides is 3. The van der Waals surface area contributed by atoms with E-state index in [1.54, 1.807) is 6.92 Å². The van der Waals surface area contributed by atoms with Gasteiger partial charge in [0.25, 0.3) is 0 Å². The predicted molar refractivity (Wildman–Crippen MR) is 123 cm³/mol. The maximum atomic E-state index is 12.2. The smallest absolute Gasteiger partial charge is 0.245 e. The van der Waals surface area contributed by atoms with Crippen LogP contribution in [-0.4, -0.2) is 48.9 Å². The van der Waals surface area contributed by atoms with Crippen LogP contribution in [0.4, 0.5) is 0 Å². The normalized spacial score (nSPS) is 20.9. The Hall–Kier alpha value is -2.32. The zero-order valence-electron chi connectivity index (χ0n) is 19.6. The van der Waals surface area contributed by atoms with Gasteiger partial charge in [0, 0.05) is 19.5 Å². The van der Waals surface area contributed by atoms with Gasteiger partial charge in [-0.25, -0.2) is 0 Å². The van der Waals surface area contributed by atoms with E-state index in [0.717, 1.165) is 45.1 Å². The average molecular weight is 429 g/mol. The van der Waals surface area contributed by atoms with E-state index < -0.39 is 5.54 Å². The van der Waals surface area contributed by atoms with Crippen LogP contribution in [0.1, 0.15) is 86.0 Å². The molecule has 0 aliphatic carbocycles. The molecule has 0 aromatic heterocycles. The second-order valence-electron chi connectivity index (χ2n) is 7.09. The second-order valence-corrected chi connectivity index (χ2v) is 7.09. The zero-order chi connectivity index (χ0) is 23.4. The van der Waals surface area contributed by atoms with Crippen molar-refractivity contribution in [1.29, 1.82) is 0 Å². The number of aliphatic imine (C=N–C) groups is 1. The summed E-state index contributed by atoms with van der Waals surface area (Å²) in [6, 6.07) is 0. The lowest BCUT2D eigenvalue weighted by molar-refractivity contribution is -0.134. The Morgan fingerprint density at radius 2 is 1.57 bits per heavy atom. The molecule has 0 bridgehead atoms. The highest BCUT2D eigenvalue weighted by Gasteiger charge is 2.32. The summed E-state index contributed by atoms with van der Waals surface area (Å²) in [7, 11) is 0. The van der Waals surface area contributed by atoms with Crippen LogP contribution in [0.5, 0.6) is 0 Å². The van der Waals surface area contributed by atoms with Crippen molar-refractivity contribution in [3.05, 3.63) is 0 Å². The van der Waals surface area contributed by atoms with E-state index in [2.05, 4.69) is 20.9 Å². The number of nitrogens with zero attached hydrogens (tertiary/aromatic N) is 1. The Balaban J connectivity index is 0. The summed E-state index contributed by atoms with van der Waals surface area (Å²) in [5.74, 6) is -0.429. The van der Waals surface area contributed by atoms with Gasteiger partial charge in [-0.1, -0.05) is 47.0 Å². The lowest BCUT2D eigenvalue weighted by Crippen LogP contribution is -2.57. The molecule has 1 saturated heterocycles. The molecule has 9 nitrogen and oxygen atoms in total. The largest absolute Gasteiger partial charge is 0.370 e. The van der Waals surface area contributed by atoms with Gasteiger partial charge in [-0.05, 0) is 32.6 Å². The Kier molecular flexibility index (Phi) is 18.6. The third-order valence-electron chi connectivity index (χ3n) is 4.45. The summed E-state index contributed by atoms with van der Waals surface area (Å²) in [5, 5.41) is 8.18. The number of hydrogen-bond acceptors (Lipinski definition) is 4. The number of carbonyl (C=O) groups is 3. The Morgan fingerprint density at radius 1 is 0.967 bits per heavy atom. The van der Waals surface area contributed by atoms with Gasteiger partial charge < -0.3 is 27.4 Å². The standard InChI is InChI=1S/C15H27N3O3.C4H11N3.C2H6/c1-3-15(2)14(21)17-11-13(20)16-10-8-6-4-5-7-9-12(19)18-15;1-2-3-7-4(5)6;1-2/h3-11H2,1-2H3,(H,16,20)(H,17,21)(H,18,19);2-3H2,1H3,(H4,5,6,7);1-2H3/t15-;;/m1../s1. The Labute approximate surface area is 182 Å². The first kappa shape index (κ1) is 29.9. The average Bonchev–Trinajstić information content (AvgIpc) is 2.73. The molecule has 0 aromatic carbocycles. The topological polar surface area (TPSA) is 152 Å². The van der Waals surface area contributed by atoms with Crippen molar-refractivity contribution in [2.45, 2.75) is 91.5 Å². The molecule has 0 unspecified atom stereocenters. The number of nitrogens with two attached hydrogens (primary N) is 2. The minimum Gasteiger partial charge on any atom is -0.370 e. The SMILES string of the molecule is CC.CCCN=C(N)N.CC[C@@]1(C)NC(=O)CCCCCCCNC(=O)CNC1=O. The first-order valence-corrected chi connectivity index (χ1v) is 11.2. The van der Waals surface area contributed by atoms with Crippen LogP contribution >= 0.6 is 0 Å². The van der Waals surface area contributed by atoms with E-state index in [1.807, 2.05) is 27.7 Å². The number of nitrogens with one attached hydrogen (secondary N) is 3. The van der Waals surface area contributed by atoms with Crippen LogP contribution in [0, 0.1) is 0 Å². The van der Waals surface area contributed by atoms with Crippen molar-refractivity contribution in [2.24, 2.45) is 16.5 Å². The monoisotopic (exact) mass is 428 g/mol. The van der Waals surface area contributed by atoms with E-state index in [0.29, 0.717) is 19.4 Å². The molecule has 0 aromatic rings. The molecule has 30 heavy (non-hydrogen) atoms. The molecule has 1 heterocycles. The van der Waals surface area contributed by atoms with Crippen LogP contribution in [0.25, 0.3) is 0 Å². The van der Waals surface area contributed by atoms with Gasteiger partial charge >= 0.3 is 0 Å². The van der Waals surface area contributed by atoms with Gasteiger partial charge in [0.15, 0.2) is 5.96 Å². The fourth-order valence-corrected chi connectivity index (χ4v) is 2.50. The van der Waals surface area contributed by atoms with Gasteiger partial charge in [-0.2, -0.15) is 0 Å². The van der Waals surface area contributed by atoms with Crippen molar-refractivity contribution < 1.29 is 14.4 Å². The fourth-order valence-electron chi connectivity index (χ4n) is 2.50. The molecule has 1 aliphatic rings. The van der Waals surface area contributed by atoms with Gasteiger partial charge in [0.2, 0.25) is 17.7 Å². The van der Waals surface area contributed by atoms with E-state index >= 15 is 0 Å². The van der Waals surface area contributed by atoms with Crippen LogP contribution in [0.15, 0.2) is 4.99 Å². The molecule has 0 radical (unpaired) electrons. The van der Waals surface area contributed by atoms with E-state index in [-0.39, 0.29) is 30.2 Å². The van der Waals surface area contributed by atoms with Crippen molar-refractivity contribution in [2.75, 3.05) is 19.6 Å². The fraction of sp³-hybridized carbons (Fsp3) is 0.810. The highest BCUT2D eigenvalue weighted by Crippen LogP contribution is 2.11. The number of guanidine groups is 1. The third kappa shape index (κ3) is 15.6. The summed E-state index contributed by atoms with van der Waals surface area (Å²) in [4.78, 5) is 39.5. The molecule has 1 aliphatic heterocycles. The number of carbonyl (C=O) groups excluding carboxylic acids is 3. The van der Waals surface area contributed by atoms with Gasteiger partial charge in [0.05, 0.1) is 6.54 Å². The van der Waals surface area contributed by atoms with Gasteiger partial charge in [-0.3, -0.25) is 19.4 Å². The molecule has 7 N–H and O–H groups in total. The van der Waals surface area contributed by atoms with Crippen molar-refractivity contribution in [3.63, 3.8) is 0 Å². The summed E-state index contributed by atoms with van der Waals surface area (Å²) >= 11 is 0. The first-order valence-electron chi connectivity index (χ1n) is 11.2. The highest BCUT2D eigenvalue weighted by molar-refractivity contribution is 5.93. The molecule has 1 rings (SSSR count). The van der Waals surface area contributed by atoms with Crippen molar-refractivity contribution >= 4 is 23.7 Å². The van der Waals surface area contributed by atoms with E-state index in [9.17, 15) is 14.4 Å². The predicted octanol–water partition coefficient (Wildman–Crippen LogP) is 1.55. The minimum absolute atomic E-state index is 0.0513. The van der Waals surface area contributed by atoms with Gasteiger partial charge in [0.1, 0.15) is 5.54 Å². The van der Waals surface area contributed by atoms with Crippen LogP contribution < -0.4 is 27.4 Å². The first-order chi connectivity index (χ1) is 14.2. The molecule has 1 fully saturated rings. The molecule has 1 atom stereocenters. The summed E-state index contributed by atoms with van der Waals surface area (Å²) in [5.41, 5.74) is 9.05. The quantitative estimate of drug-likeness (QED) is 0.341. The third-order valence-corrected chi connectivity index (χ3v) is 4.45. The molecular weight excluding hydrogens is 384 g/mol. The maximum Gasteiger partial charge on any atom is 0.245 e. The molecule has 3 amide bonds. The molecule has 176 valence electrons.